The number of amides is 2. The Morgan fingerprint density at radius 1 is 0.651 bits per heavy atom. The largest absolute Gasteiger partial charge is 0.397 e. The lowest BCUT2D eigenvalue weighted by atomic mass is 9.98. The van der Waals surface area contributed by atoms with Crippen LogP contribution in [0.1, 0.15) is 164 Å². The van der Waals surface area contributed by atoms with Crippen molar-refractivity contribution in [1.29, 1.82) is 0 Å². The first kappa shape index (κ1) is 49.5. The first-order chi connectivity index (χ1) is 30.8. The highest BCUT2D eigenvalue weighted by Gasteiger charge is 2.33. The maximum atomic E-state index is 12.8. The molecule has 9 nitrogen and oxygen atoms in total. The highest BCUT2D eigenvalue weighted by atomic mass is 16.7. The number of hydrogen-bond donors (Lipinski definition) is 4. The van der Waals surface area contributed by atoms with Crippen molar-refractivity contribution in [3.8, 4) is 11.1 Å². The van der Waals surface area contributed by atoms with Crippen LogP contribution in [0.5, 0.6) is 0 Å². The average molecular weight is 861 g/mol. The molecule has 0 unspecified atom stereocenters. The van der Waals surface area contributed by atoms with E-state index in [0.717, 1.165) is 72.3 Å². The Bertz CT molecular complexity index is 1900. The smallest absolute Gasteiger partial charge is 0.224 e. The van der Waals surface area contributed by atoms with Crippen LogP contribution in [-0.2, 0) is 32.2 Å². The fourth-order valence-corrected chi connectivity index (χ4v) is 8.43. The second kappa shape index (κ2) is 28.3. The number of nitrogen functional groups attached to an aromatic ring is 1. The minimum absolute atomic E-state index is 0.000973. The van der Waals surface area contributed by atoms with Gasteiger partial charge in [0.1, 0.15) is 0 Å². The normalized spacial score (nSPS) is 16.3. The molecule has 0 aromatic heterocycles. The molecule has 9 heteroatoms. The molecule has 5 N–H and O–H groups in total. The zero-order valence-corrected chi connectivity index (χ0v) is 38.3. The van der Waals surface area contributed by atoms with Gasteiger partial charge in [-0.1, -0.05) is 157 Å². The minimum atomic E-state index is -0.532. The molecule has 63 heavy (non-hydrogen) atoms. The molecule has 0 aliphatic carbocycles. The van der Waals surface area contributed by atoms with Gasteiger partial charge in [0.15, 0.2) is 6.29 Å². The van der Waals surface area contributed by atoms with Crippen molar-refractivity contribution < 1.29 is 24.2 Å². The number of aliphatic hydroxyl groups excluding tert-OH is 1. The van der Waals surface area contributed by atoms with Crippen molar-refractivity contribution in [2.24, 2.45) is 0 Å². The Labute approximate surface area is 378 Å². The quantitative estimate of drug-likeness (QED) is 0.0316. The van der Waals surface area contributed by atoms with E-state index < -0.39 is 6.29 Å². The van der Waals surface area contributed by atoms with Crippen molar-refractivity contribution >= 4 is 23.2 Å². The van der Waals surface area contributed by atoms with Crippen molar-refractivity contribution in [2.75, 3.05) is 30.7 Å². The number of nitrogens with zero attached hydrogens (tertiary/aromatic N) is 1. The number of carbonyl (C=O) groups is 2. The standard InChI is InChI=1S/C54H76N4O5/c1-3-5-7-9-11-18-34-58(35-19-12-10-8-6-4-2)40-48-38-51(44-32-30-42(41-59)31-33-44)63-54(62-48)47-25-21-24-46(37-47)45-23-20-22-43(36-45)39-56-52(60)28-14-13-15-29-53(61)57-50-27-17-16-26-49(50)55/h16-17,20-27,30-33,36-37,48,51,54,59H,3-15,18-19,28-29,34-35,38-41,55H2,1-2H3,(H,56,60)(H,57,61)/t48-,51+,54+/m1/s1. The van der Waals surface area contributed by atoms with Crippen molar-refractivity contribution in [3.05, 3.63) is 119 Å². The molecule has 4 aromatic rings. The Balaban J connectivity index is 1.18. The van der Waals surface area contributed by atoms with Gasteiger partial charge in [-0.25, -0.2) is 0 Å². The molecule has 1 heterocycles. The Morgan fingerprint density at radius 3 is 1.95 bits per heavy atom. The summed E-state index contributed by atoms with van der Waals surface area (Å²) < 4.78 is 13.7. The molecule has 0 radical (unpaired) electrons. The van der Waals surface area contributed by atoms with Crippen molar-refractivity contribution in [3.63, 3.8) is 0 Å². The van der Waals surface area contributed by atoms with Crippen molar-refractivity contribution in [2.45, 2.75) is 161 Å². The van der Waals surface area contributed by atoms with Crippen LogP contribution in [-0.4, -0.2) is 47.6 Å². The predicted molar refractivity (Wildman–Crippen MR) is 258 cm³/mol. The lowest BCUT2D eigenvalue weighted by molar-refractivity contribution is -0.253. The first-order valence-electron chi connectivity index (χ1n) is 24.2. The van der Waals surface area contributed by atoms with E-state index in [1.165, 1.54) is 77.0 Å². The molecule has 0 saturated carbocycles. The van der Waals surface area contributed by atoms with E-state index in [1.807, 2.05) is 36.4 Å². The van der Waals surface area contributed by atoms with Gasteiger partial charge in [0.2, 0.25) is 11.8 Å². The lowest BCUT2D eigenvalue weighted by Crippen LogP contribution is -2.40. The van der Waals surface area contributed by atoms with Gasteiger partial charge in [-0.15, -0.1) is 0 Å². The van der Waals surface area contributed by atoms with Gasteiger partial charge in [0.05, 0.1) is 30.2 Å². The summed E-state index contributed by atoms with van der Waals surface area (Å²) in [4.78, 5) is 27.8. The van der Waals surface area contributed by atoms with E-state index in [2.05, 4.69) is 77.9 Å². The number of unbranched alkanes of at least 4 members (excludes halogenated alkanes) is 12. The third-order valence-corrected chi connectivity index (χ3v) is 12.2. The van der Waals surface area contributed by atoms with Crippen LogP contribution in [0.25, 0.3) is 11.1 Å². The van der Waals surface area contributed by atoms with Crippen LogP contribution in [0.4, 0.5) is 11.4 Å². The summed E-state index contributed by atoms with van der Waals surface area (Å²) in [5, 5.41) is 15.7. The van der Waals surface area contributed by atoms with E-state index in [0.29, 0.717) is 37.2 Å². The minimum Gasteiger partial charge on any atom is -0.397 e. The summed E-state index contributed by atoms with van der Waals surface area (Å²) in [5.74, 6) is -0.0669. The molecule has 4 aromatic carbocycles. The summed E-state index contributed by atoms with van der Waals surface area (Å²) in [6, 6.07) is 32.2. The van der Waals surface area contributed by atoms with Crippen LogP contribution in [0.2, 0.25) is 0 Å². The third-order valence-electron chi connectivity index (χ3n) is 12.2. The highest BCUT2D eigenvalue weighted by molar-refractivity contribution is 5.93. The van der Waals surface area contributed by atoms with E-state index >= 15 is 0 Å². The number of ether oxygens (including phenoxy) is 2. The molecule has 1 aliphatic heterocycles. The molecule has 0 spiro atoms. The van der Waals surface area contributed by atoms with Crippen LogP contribution in [0.15, 0.2) is 97.1 Å². The zero-order valence-electron chi connectivity index (χ0n) is 38.3. The van der Waals surface area contributed by atoms with Crippen LogP contribution in [0, 0.1) is 0 Å². The summed E-state index contributed by atoms with van der Waals surface area (Å²) in [6.07, 6.45) is 18.6. The maximum Gasteiger partial charge on any atom is 0.224 e. The number of para-hydroxylation sites is 2. The highest BCUT2D eigenvalue weighted by Crippen LogP contribution is 2.39. The number of nitrogens with two attached hydrogens (primary N) is 1. The lowest BCUT2D eigenvalue weighted by Gasteiger charge is -2.38. The number of aliphatic hydroxyl groups is 1. The summed E-state index contributed by atoms with van der Waals surface area (Å²) in [7, 11) is 0. The van der Waals surface area contributed by atoms with Gasteiger partial charge in [0.25, 0.3) is 0 Å². The summed E-state index contributed by atoms with van der Waals surface area (Å²) in [6.45, 7) is 8.08. The fourth-order valence-electron chi connectivity index (χ4n) is 8.43. The van der Waals surface area contributed by atoms with Gasteiger partial charge in [-0.2, -0.15) is 0 Å². The third kappa shape index (κ3) is 17.9. The van der Waals surface area contributed by atoms with E-state index in [4.69, 9.17) is 15.2 Å². The van der Waals surface area contributed by atoms with Crippen LogP contribution in [0.3, 0.4) is 0 Å². The molecule has 2 amide bonds. The second-order valence-corrected chi connectivity index (χ2v) is 17.5. The average Bonchev–Trinajstić information content (AvgIpc) is 3.31. The molecule has 1 saturated heterocycles. The number of benzene rings is 4. The van der Waals surface area contributed by atoms with E-state index in [1.54, 1.807) is 12.1 Å². The summed E-state index contributed by atoms with van der Waals surface area (Å²) >= 11 is 0. The Kier molecular flexibility index (Phi) is 22.2. The van der Waals surface area contributed by atoms with Gasteiger partial charge in [-0.3, -0.25) is 9.59 Å². The number of carbonyl (C=O) groups excluding carboxylic acids is 2. The molecule has 342 valence electrons. The van der Waals surface area contributed by atoms with Gasteiger partial charge < -0.3 is 35.8 Å². The van der Waals surface area contributed by atoms with E-state index in [-0.39, 0.29) is 30.6 Å². The molecule has 5 rings (SSSR count). The van der Waals surface area contributed by atoms with Gasteiger partial charge in [0, 0.05) is 37.9 Å². The summed E-state index contributed by atoms with van der Waals surface area (Å²) in [5.41, 5.74) is 13.2. The Hall–Kier alpha value is -4.54. The molecule has 3 atom stereocenters. The SMILES string of the molecule is CCCCCCCCN(CCCCCCCC)C[C@H]1C[C@@H](c2ccc(CO)cc2)O[C@@H](c2cccc(-c3cccc(CNC(=O)CCCCCC(=O)Nc4ccccc4N)c3)c2)O1. The van der Waals surface area contributed by atoms with Gasteiger partial charge >= 0.3 is 0 Å². The molecule has 1 aliphatic rings. The zero-order chi connectivity index (χ0) is 44.5. The fraction of sp³-hybridized carbons (Fsp3) is 0.519. The first-order valence-corrected chi connectivity index (χ1v) is 24.2. The molecular weight excluding hydrogens is 785 g/mol. The van der Waals surface area contributed by atoms with Crippen molar-refractivity contribution in [1.82, 2.24) is 10.2 Å². The molecule has 1 fully saturated rings. The monoisotopic (exact) mass is 861 g/mol. The number of nitrogens with one attached hydrogen (secondary N) is 2. The van der Waals surface area contributed by atoms with Crippen LogP contribution >= 0.6 is 0 Å². The molecular formula is C54H76N4O5. The number of hydrogen-bond acceptors (Lipinski definition) is 7. The second-order valence-electron chi connectivity index (χ2n) is 17.5. The molecule has 0 bridgehead atoms. The van der Waals surface area contributed by atoms with E-state index in [9.17, 15) is 14.7 Å². The predicted octanol–water partition coefficient (Wildman–Crippen LogP) is 12.2. The number of anilines is 2. The Morgan fingerprint density at radius 2 is 1.27 bits per heavy atom. The van der Waals surface area contributed by atoms with Crippen LogP contribution < -0.4 is 16.4 Å². The topological polar surface area (TPSA) is 126 Å². The van der Waals surface area contributed by atoms with Gasteiger partial charge in [-0.05, 0) is 90.9 Å². The maximum absolute atomic E-state index is 12.8. The number of rotatable bonds is 29.